The summed E-state index contributed by atoms with van der Waals surface area (Å²) in [6, 6.07) is 11.8. The minimum absolute atomic E-state index is 0.0362. The van der Waals surface area contributed by atoms with Crippen LogP contribution in [-0.4, -0.2) is 17.4 Å². The molecule has 25 heavy (non-hydrogen) atoms. The minimum atomic E-state index is -0.595. The molecule has 1 aromatic heterocycles. The van der Waals surface area contributed by atoms with E-state index >= 15 is 0 Å². The number of nitrogens with one attached hydrogen (secondary N) is 1. The topological polar surface area (TPSA) is 65.8 Å². The molecule has 4 heteroatoms. The fourth-order valence-corrected chi connectivity index (χ4v) is 2.56. The Morgan fingerprint density at radius 2 is 1.88 bits per heavy atom. The molecule has 0 aliphatic carbocycles. The zero-order valence-corrected chi connectivity index (χ0v) is 15.3. The first kappa shape index (κ1) is 18.7. The van der Waals surface area contributed by atoms with Crippen LogP contribution in [-0.2, 0) is 10.2 Å². The first-order valence-electron chi connectivity index (χ1n) is 8.59. The van der Waals surface area contributed by atoms with Crippen molar-refractivity contribution < 1.29 is 4.79 Å². The van der Waals surface area contributed by atoms with E-state index in [4.69, 9.17) is 5.26 Å². The minimum Gasteiger partial charge on any atom is -0.355 e. The fourth-order valence-electron chi connectivity index (χ4n) is 2.56. The van der Waals surface area contributed by atoms with Crippen LogP contribution in [0.2, 0.25) is 0 Å². The molecule has 0 radical (unpaired) electrons. The van der Waals surface area contributed by atoms with E-state index in [1.807, 2.05) is 44.2 Å². The van der Waals surface area contributed by atoms with Crippen LogP contribution in [0.4, 0.5) is 0 Å². The largest absolute Gasteiger partial charge is 0.355 e. The highest BCUT2D eigenvalue weighted by molar-refractivity contribution is 5.87. The highest BCUT2D eigenvalue weighted by Crippen LogP contribution is 2.27. The molecule has 4 nitrogen and oxygen atoms in total. The summed E-state index contributed by atoms with van der Waals surface area (Å²) in [6.45, 7) is 8.86. The summed E-state index contributed by atoms with van der Waals surface area (Å²) in [5.41, 5.74) is 2.77. The fraction of sp³-hybridized carbons (Fsp3) is 0.381. The normalized spacial score (nSPS) is 11.2. The van der Waals surface area contributed by atoms with Gasteiger partial charge in [0, 0.05) is 24.5 Å². The van der Waals surface area contributed by atoms with E-state index in [2.05, 4.69) is 30.2 Å². The SMILES string of the molecule is CC(C)CCNC(=O)C(C)(C)c1ccc(-c2cncc(C#N)c2)cc1. The van der Waals surface area contributed by atoms with Gasteiger partial charge < -0.3 is 5.32 Å². The molecule has 0 aliphatic heterocycles. The van der Waals surface area contributed by atoms with Crippen molar-refractivity contribution in [2.75, 3.05) is 6.54 Å². The van der Waals surface area contributed by atoms with Gasteiger partial charge in [-0.05, 0) is 43.4 Å². The second-order valence-electron chi connectivity index (χ2n) is 7.21. The third kappa shape index (κ3) is 4.67. The van der Waals surface area contributed by atoms with E-state index in [0.29, 0.717) is 18.0 Å². The van der Waals surface area contributed by atoms with Crippen LogP contribution < -0.4 is 5.32 Å². The number of carbonyl (C=O) groups is 1. The number of pyridine rings is 1. The molecule has 0 aliphatic rings. The Balaban J connectivity index is 2.15. The van der Waals surface area contributed by atoms with Crippen LogP contribution in [0.1, 0.15) is 45.2 Å². The average molecular weight is 335 g/mol. The molecule has 1 amide bonds. The van der Waals surface area contributed by atoms with Gasteiger partial charge in [0.1, 0.15) is 6.07 Å². The van der Waals surface area contributed by atoms with Crippen LogP contribution in [0.5, 0.6) is 0 Å². The number of nitriles is 1. The molecule has 2 aromatic rings. The molecule has 0 saturated heterocycles. The number of benzene rings is 1. The molecule has 1 heterocycles. The van der Waals surface area contributed by atoms with E-state index in [1.165, 1.54) is 0 Å². The number of aromatic nitrogens is 1. The summed E-state index contributed by atoms with van der Waals surface area (Å²) in [4.78, 5) is 16.6. The Labute approximate surface area is 149 Å². The lowest BCUT2D eigenvalue weighted by Crippen LogP contribution is -2.40. The lowest BCUT2D eigenvalue weighted by molar-refractivity contribution is -0.125. The molecular weight excluding hydrogens is 310 g/mol. The molecule has 1 N–H and O–H groups in total. The number of carbonyl (C=O) groups excluding carboxylic acids is 1. The Morgan fingerprint density at radius 1 is 1.20 bits per heavy atom. The van der Waals surface area contributed by atoms with E-state index in [0.717, 1.165) is 23.1 Å². The number of nitrogens with zero attached hydrogens (tertiary/aromatic N) is 2. The van der Waals surface area contributed by atoms with Crippen LogP contribution in [0, 0.1) is 17.2 Å². The number of hydrogen-bond acceptors (Lipinski definition) is 3. The van der Waals surface area contributed by atoms with Crippen molar-refractivity contribution in [2.24, 2.45) is 5.92 Å². The Kier molecular flexibility index (Phi) is 5.93. The maximum atomic E-state index is 12.5. The Bertz CT molecular complexity index is 770. The molecular formula is C21H25N3O. The van der Waals surface area contributed by atoms with Gasteiger partial charge in [0.15, 0.2) is 0 Å². The Hall–Kier alpha value is -2.67. The molecule has 2 rings (SSSR count). The van der Waals surface area contributed by atoms with Gasteiger partial charge in [-0.2, -0.15) is 5.26 Å². The summed E-state index contributed by atoms with van der Waals surface area (Å²) in [5, 5.41) is 12.0. The molecule has 0 fully saturated rings. The van der Waals surface area contributed by atoms with Gasteiger partial charge in [0.05, 0.1) is 11.0 Å². The standard InChI is InChI=1S/C21H25N3O/c1-15(2)9-10-24-20(25)21(3,4)19-7-5-17(6-8-19)18-11-16(12-22)13-23-14-18/h5-8,11,13-15H,9-10H2,1-4H3,(H,24,25). The van der Waals surface area contributed by atoms with E-state index in [-0.39, 0.29) is 5.91 Å². The average Bonchev–Trinajstić information content (AvgIpc) is 2.61. The van der Waals surface area contributed by atoms with E-state index in [1.54, 1.807) is 12.4 Å². The van der Waals surface area contributed by atoms with Crippen LogP contribution in [0.25, 0.3) is 11.1 Å². The summed E-state index contributed by atoms with van der Waals surface area (Å²) in [5.74, 6) is 0.606. The highest BCUT2D eigenvalue weighted by Gasteiger charge is 2.29. The number of amides is 1. The lowest BCUT2D eigenvalue weighted by atomic mass is 9.83. The van der Waals surface area contributed by atoms with Crippen molar-refractivity contribution >= 4 is 5.91 Å². The number of rotatable bonds is 6. The van der Waals surface area contributed by atoms with Gasteiger partial charge >= 0.3 is 0 Å². The lowest BCUT2D eigenvalue weighted by Gasteiger charge is -2.24. The monoisotopic (exact) mass is 335 g/mol. The number of hydrogen-bond donors (Lipinski definition) is 1. The molecule has 0 spiro atoms. The summed E-state index contributed by atoms with van der Waals surface area (Å²) in [7, 11) is 0. The molecule has 0 saturated carbocycles. The zero-order valence-electron chi connectivity index (χ0n) is 15.3. The predicted octanol–water partition coefficient (Wildman–Crippen LogP) is 4.06. The summed E-state index contributed by atoms with van der Waals surface area (Å²) >= 11 is 0. The van der Waals surface area contributed by atoms with Gasteiger partial charge in [-0.1, -0.05) is 38.1 Å². The molecule has 0 unspecified atom stereocenters. The zero-order chi connectivity index (χ0) is 18.4. The molecule has 130 valence electrons. The summed E-state index contributed by atoms with van der Waals surface area (Å²) < 4.78 is 0. The van der Waals surface area contributed by atoms with Crippen LogP contribution in [0.3, 0.4) is 0 Å². The molecule has 0 bridgehead atoms. The van der Waals surface area contributed by atoms with Gasteiger partial charge in [-0.3, -0.25) is 9.78 Å². The maximum Gasteiger partial charge on any atom is 0.230 e. The second kappa shape index (κ2) is 7.94. The Morgan fingerprint density at radius 3 is 2.48 bits per heavy atom. The van der Waals surface area contributed by atoms with Crippen molar-refractivity contribution in [3.8, 4) is 17.2 Å². The molecule has 1 aromatic carbocycles. The quantitative estimate of drug-likeness (QED) is 0.865. The van der Waals surface area contributed by atoms with Crippen molar-refractivity contribution in [1.82, 2.24) is 10.3 Å². The maximum absolute atomic E-state index is 12.5. The predicted molar refractivity (Wildman–Crippen MR) is 99.9 cm³/mol. The van der Waals surface area contributed by atoms with E-state index in [9.17, 15) is 4.79 Å². The third-order valence-electron chi connectivity index (χ3n) is 4.38. The van der Waals surface area contributed by atoms with Crippen molar-refractivity contribution in [2.45, 2.75) is 39.5 Å². The van der Waals surface area contributed by atoms with Crippen LogP contribution in [0.15, 0.2) is 42.7 Å². The first-order valence-corrected chi connectivity index (χ1v) is 8.59. The van der Waals surface area contributed by atoms with E-state index < -0.39 is 5.41 Å². The van der Waals surface area contributed by atoms with Crippen LogP contribution >= 0.6 is 0 Å². The third-order valence-corrected chi connectivity index (χ3v) is 4.38. The first-order chi connectivity index (χ1) is 11.8. The second-order valence-corrected chi connectivity index (χ2v) is 7.21. The smallest absolute Gasteiger partial charge is 0.230 e. The van der Waals surface area contributed by atoms with Crippen molar-refractivity contribution in [3.05, 3.63) is 53.9 Å². The molecule has 0 atom stereocenters. The van der Waals surface area contributed by atoms with Crippen molar-refractivity contribution in [3.63, 3.8) is 0 Å². The van der Waals surface area contributed by atoms with Gasteiger partial charge in [-0.15, -0.1) is 0 Å². The van der Waals surface area contributed by atoms with Gasteiger partial charge in [0.2, 0.25) is 5.91 Å². The van der Waals surface area contributed by atoms with Gasteiger partial charge in [-0.25, -0.2) is 0 Å². The highest BCUT2D eigenvalue weighted by atomic mass is 16.2. The van der Waals surface area contributed by atoms with Gasteiger partial charge in [0.25, 0.3) is 0 Å². The summed E-state index contributed by atoms with van der Waals surface area (Å²) in [6.07, 6.45) is 4.26. The van der Waals surface area contributed by atoms with Crippen molar-refractivity contribution in [1.29, 1.82) is 5.26 Å².